The molecule has 0 radical (unpaired) electrons. The molecule has 6 nitrogen and oxygen atoms in total. The number of hydroxylamine groups is 2. The highest BCUT2D eigenvalue weighted by atomic mass is 35.5. The van der Waals surface area contributed by atoms with Crippen molar-refractivity contribution in [3.63, 3.8) is 0 Å². The van der Waals surface area contributed by atoms with Gasteiger partial charge in [-0.15, -0.1) is 0 Å². The van der Waals surface area contributed by atoms with Crippen molar-refractivity contribution < 1.29 is 20.0 Å². The molecule has 0 aliphatic carbocycles. The van der Waals surface area contributed by atoms with Crippen molar-refractivity contribution >= 4 is 28.9 Å². The molecule has 0 saturated heterocycles. The Labute approximate surface area is 95.1 Å². The molecule has 1 aromatic carbocycles. The average Bonchev–Trinajstić information content (AvgIpc) is 2.22. The number of rotatable bonds is 1. The Morgan fingerprint density at radius 1 is 1.31 bits per heavy atom. The van der Waals surface area contributed by atoms with E-state index in [0.29, 0.717) is 5.02 Å². The van der Waals surface area contributed by atoms with Gasteiger partial charge < -0.3 is 20.6 Å². The lowest BCUT2D eigenvalue weighted by molar-refractivity contribution is -0.786. The highest BCUT2D eigenvalue weighted by molar-refractivity contribution is 6.30. The number of benzene rings is 1. The van der Waals surface area contributed by atoms with Gasteiger partial charge in [-0.1, -0.05) is 11.6 Å². The molecule has 1 aliphatic heterocycles. The van der Waals surface area contributed by atoms with Crippen molar-refractivity contribution in [2.24, 2.45) is 0 Å². The number of carboxylic acids is 1. The molecular formula is C9H7ClN2O4. The summed E-state index contributed by atoms with van der Waals surface area (Å²) in [5.41, 5.74) is -0.295. The Kier molecular flexibility index (Phi) is 2.66. The van der Waals surface area contributed by atoms with Crippen LogP contribution in [0.1, 0.15) is 0 Å². The first kappa shape index (κ1) is 11.1. The Morgan fingerprint density at radius 3 is 2.62 bits per heavy atom. The zero-order valence-corrected chi connectivity index (χ0v) is 8.62. The van der Waals surface area contributed by atoms with Gasteiger partial charge in [-0.3, -0.25) is 5.06 Å². The molecule has 2 unspecified atom stereocenters. The third-order valence-electron chi connectivity index (χ3n) is 2.24. The number of aliphatic carboxylic acids is 1. The lowest BCUT2D eigenvalue weighted by Gasteiger charge is -2.30. The molecule has 0 spiro atoms. The molecule has 1 aromatic rings. The fourth-order valence-electron chi connectivity index (χ4n) is 1.50. The van der Waals surface area contributed by atoms with Gasteiger partial charge in [0.15, 0.2) is 17.6 Å². The summed E-state index contributed by atoms with van der Waals surface area (Å²) in [4.78, 5) is 10.7. The summed E-state index contributed by atoms with van der Waals surface area (Å²) in [5, 5.41) is 31.1. The monoisotopic (exact) mass is 242 g/mol. The molecule has 16 heavy (non-hydrogen) atoms. The standard InChI is InChI=1S/C9H7ClN2O4/c10-5-1-2-6-7(3-5)11(15)4-8(9(13)14)12(6)16/h1-4,11-12H,(H,13,14). The van der Waals surface area contributed by atoms with Gasteiger partial charge in [-0.05, 0) is 6.07 Å². The van der Waals surface area contributed by atoms with Crippen LogP contribution in [0.5, 0.6) is 0 Å². The average molecular weight is 243 g/mol. The van der Waals surface area contributed by atoms with E-state index in [4.69, 9.17) is 16.7 Å². The lowest BCUT2D eigenvalue weighted by atomic mass is 10.2. The Balaban J connectivity index is 2.55. The molecule has 3 N–H and O–H groups in total. The number of hydrogen-bond acceptors (Lipinski definition) is 3. The van der Waals surface area contributed by atoms with E-state index < -0.39 is 21.8 Å². The zero-order chi connectivity index (χ0) is 11.9. The number of halogens is 1. The molecule has 2 atom stereocenters. The SMILES string of the molecule is O=C(O)C1=C[NH+]([O-])c2cc(Cl)ccc2[NH+]1[O-]. The van der Waals surface area contributed by atoms with E-state index in [0.717, 1.165) is 6.20 Å². The van der Waals surface area contributed by atoms with E-state index in [-0.39, 0.29) is 11.4 Å². The first-order valence-corrected chi connectivity index (χ1v) is 4.72. The van der Waals surface area contributed by atoms with Crippen LogP contribution < -0.4 is 10.1 Å². The first-order valence-electron chi connectivity index (χ1n) is 4.34. The van der Waals surface area contributed by atoms with Crippen molar-refractivity contribution in [2.45, 2.75) is 0 Å². The van der Waals surface area contributed by atoms with Gasteiger partial charge in [-0.2, -0.15) is 0 Å². The van der Waals surface area contributed by atoms with Gasteiger partial charge in [0.05, 0.1) is 0 Å². The third-order valence-corrected chi connectivity index (χ3v) is 2.48. The van der Waals surface area contributed by atoms with E-state index in [1.807, 2.05) is 0 Å². The van der Waals surface area contributed by atoms with Gasteiger partial charge in [-0.25, -0.2) is 4.79 Å². The maximum atomic E-state index is 11.7. The minimum atomic E-state index is -1.40. The van der Waals surface area contributed by atoms with Crippen LogP contribution in [0.15, 0.2) is 30.1 Å². The fourth-order valence-corrected chi connectivity index (χ4v) is 1.67. The van der Waals surface area contributed by atoms with Crippen molar-refractivity contribution in [2.75, 3.05) is 0 Å². The molecule has 0 fully saturated rings. The summed E-state index contributed by atoms with van der Waals surface area (Å²) in [6, 6.07) is 4.15. The summed E-state index contributed by atoms with van der Waals surface area (Å²) < 4.78 is 0. The largest absolute Gasteiger partial charge is 0.623 e. The van der Waals surface area contributed by atoms with Crippen LogP contribution in [0.2, 0.25) is 5.02 Å². The number of carbonyl (C=O) groups is 1. The lowest BCUT2D eigenvalue weighted by Crippen LogP contribution is -3.10. The fraction of sp³-hybridized carbons (Fsp3) is 0. The predicted molar refractivity (Wildman–Crippen MR) is 55.2 cm³/mol. The van der Waals surface area contributed by atoms with E-state index in [1.165, 1.54) is 18.2 Å². The molecular weight excluding hydrogens is 236 g/mol. The predicted octanol–water partition coefficient (Wildman–Crippen LogP) is -0.692. The van der Waals surface area contributed by atoms with Gasteiger partial charge in [0, 0.05) is 17.2 Å². The van der Waals surface area contributed by atoms with Crippen LogP contribution in [0, 0.1) is 10.4 Å². The maximum absolute atomic E-state index is 11.7. The second-order valence-corrected chi connectivity index (χ2v) is 3.68. The Bertz CT molecular complexity index is 488. The second kappa shape index (κ2) is 3.85. The molecule has 7 heteroatoms. The minimum absolute atomic E-state index is 0.0781. The molecule has 0 aromatic heterocycles. The van der Waals surface area contributed by atoms with E-state index in [2.05, 4.69) is 0 Å². The normalized spacial score (nSPS) is 23.6. The van der Waals surface area contributed by atoms with Crippen LogP contribution in [-0.2, 0) is 4.79 Å². The summed E-state index contributed by atoms with van der Waals surface area (Å²) >= 11 is 5.69. The smallest absolute Gasteiger partial charge is 0.396 e. The summed E-state index contributed by atoms with van der Waals surface area (Å²) in [7, 11) is 0. The number of quaternary nitrogens is 2. The molecule has 0 bridgehead atoms. The van der Waals surface area contributed by atoms with Gasteiger partial charge in [0.25, 0.3) is 5.70 Å². The Hall–Kier alpha value is -1.44. The van der Waals surface area contributed by atoms with Crippen LogP contribution in [0.3, 0.4) is 0 Å². The van der Waals surface area contributed by atoms with Crippen molar-refractivity contribution in [1.29, 1.82) is 0 Å². The van der Waals surface area contributed by atoms with Crippen LogP contribution in [-0.4, -0.2) is 11.1 Å². The highest BCUT2D eigenvalue weighted by Crippen LogP contribution is 2.21. The number of hydrogen-bond donors (Lipinski definition) is 3. The quantitative estimate of drug-likeness (QED) is 0.569. The maximum Gasteiger partial charge on any atom is 0.396 e. The summed E-state index contributed by atoms with van der Waals surface area (Å²) in [6.07, 6.45) is 0.823. The summed E-state index contributed by atoms with van der Waals surface area (Å²) in [6.45, 7) is 0. The number of carboxylic acid groups (broad SMARTS) is 1. The summed E-state index contributed by atoms with van der Waals surface area (Å²) in [5.74, 6) is -1.40. The van der Waals surface area contributed by atoms with E-state index in [9.17, 15) is 15.2 Å². The number of fused-ring (bicyclic) bond motifs is 1. The van der Waals surface area contributed by atoms with Crippen LogP contribution in [0.4, 0.5) is 11.4 Å². The van der Waals surface area contributed by atoms with Gasteiger partial charge in [0.2, 0.25) is 0 Å². The molecule has 0 amide bonds. The molecule has 2 rings (SSSR count). The van der Waals surface area contributed by atoms with Crippen molar-refractivity contribution in [3.05, 3.63) is 45.5 Å². The topological polar surface area (TPSA) is 92.3 Å². The second-order valence-electron chi connectivity index (χ2n) is 3.25. The minimum Gasteiger partial charge on any atom is -0.623 e. The van der Waals surface area contributed by atoms with Crippen LogP contribution in [0.25, 0.3) is 0 Å². The zero-order valence-electron chi connectivity index (χ0n) is 7.86. The number of nitrogens with one attached hydrogen (secondary N) is 2. The highest BCUT2D eigenvalue weighted by Gasteiger charge is 2.30. The molecule has 1 heterocycles. The molecule has 1 aliphatic rings. The van der Waals surface area contributed by atoms with Crippen molar-refractivity contribution in [1.82, 2.24) is 0 Å². The van der Waals surface area contributed by atoms with Gasteiger partial charge >= 0.3 is 5.97 Å². The van der Waals surface area contributed by atoms with Crippen molar-refractivity contribution in [3.8, 4) is 0 Å². The van der Waals surface area contributed by atoms with E-state index in [1.54, 1.807) is 0 Å². The molecule has 84 valence electrons. The van der Waals surface area contributed by atoms with E-state index >= 15 is 0 Å². The third kappa shape index (κ3) is 1.69. The van der Waals surface area contributed by atoms with Crippen LogP contribution >= 0.6 is 11.6 Å². The first-order chi connectivity index (χ1) is 7.50. The Morgan fingerprint density at radius 2 is 2.00 bits per heavy atom. The molecule has 0 saturated carbocycles. The van der Waals surface area contributed by atoms with Gasteiger partial charge in [0.1, 0.15) is 0 Å².